The average molecular weight is 288 g/mol. The summed E-state index contributed by atoms with van der Waals surface area (Å²) in [6, 6.07) is 8.46. The minimum Gasteiger partial charge on any atom is -0.329 e. The lowest BCUT2D eigenvalue weighted by Crippen LogP contribution is -2.12. The van der Waals surface area contributed by atoms with Crippen molar-refractivity contribution in [2.45, 2.75) is 30.8 Å². The predicted molar refractivity (Wildman–Crippen MR) is 73.3 cm³/mol. The smallest absolute Gasteiger partial charge is 0.0422 e. The number of hydrogen-bond acceptors (Lipinski definition) is 2. The van der Waals surface area contributed by atoms with E-state index in [0.29, 0.717) is 17.0 Å². The number of nitrogens with two attached hydrogens (primary N) is 1. The first kappa shape index (κ1) is 13.1. The quantitative estimate of drug-likeness (QED) is 0.887. The van der Waals surface area contributed by atoms with Crippen LogP contribution in [-0.2, 0) is 0 Å². The van der Waals surface area contributed by atoms with Crippen molar-refractivity contribution >= 4 is 27.7 Å². The molecule has 0 aromatic heterocycles. The van der Waals surface area contributed by atoms with Crippen LogP contribution in [0.25, 0.3) is 0 Å². The molecule has 1 nitrogen and oxygen atoms in total. The fraction of sp³-hybridized carbons (Fsp3) is 0.500. The highest BCUT2D eigenvalue weighted by Gasteiger charge is 2.13. The summed E-state index contributed by atoms with van der Waals surface area (Å²) in [7, 11) is 0. The molecular weight excluding hydrogens is 270 g/mol. The van der Waals surface area contributed by atoms with Gasteiger partial charge in [0.1, 0.15) is 0 Å². The molecule has 0 saturated carbocycles. The number of halogens is 1. The Morgan fingerprint density at radius 3 is 2.40 bits per heavy atom. The Balaban J connectivity index is 2.69. The lowest BCUT2D eigenvalue weighted by molar-refractivity contribution is 0.874. The van der Waals surface area contributed by atoms with E-state index in [-0.39, 0.29) is 0 Å². The van der Waals surface area contributed by atoms with Gasteiger partial charge in [-0.3, -0.25) is 0 Å². The predicted octanol–water partition coefficient (Wildman–Crippen LogP) is 3.98. The van der Waals surface area contributed by atoms with Gasteiger partial charge in [-0.2, -0.15) is 0 Å². The zero-order valence-corrected chi connectivity index (χ0v) is 11.6. The summed E-state index contributed by atoms with van der Waals surface area (Å²) in [5, 5.41) is 1.09. The van der Waals surface area contributed by atoms with E-state index < -0.39 is 0 Å². The average Bonchev–Trinajstić information content (AvgIpc) is 2.27. The highest BCUT2D eigenvalue weighted by molar-refractivity contribution is 9.10. The summed E-state index contributed by atoms with van der Waals surface area (Å²) in [6.45, 7) is 5.18. The molecule has 1 rings (SSSR count). The minimum atomic E-state index is 0.424. The monoisotopic (exact) mass is 287 g/mol. The molecule has 1 aromatic rings. The molecule has 0 spiro atoms. The van der Waals surface area contributed by atoms with Crippen molar-refractivity contribution in [3.05, 3.63) is 34.3 Å². The van der Waals surface area contributed by atoms with Crippen LogP contribution in [0.3, 0.4) is 0 Å². The van der Waals surface area contributed by atoms with Gasteiger partial charge in [-0.1, -0.05) is 41.9 Å². The molecule has 0 amide bonds. The third-order valence-electron chi connectivity index (χ3n) is 2.43. The molecule has 0 aliphatic rings. The first-order valence-electron chi connectivity index (χ1n) is 5.28. The van der Waals surface area contributed by atoms with E-state index in [1.165, 1.54) is 12.0 Å². The van der Waals surface area contributed by atoms with Crippen LogP contribution in [-0.4, -0.2) is 11.8 Å². The highest BCUT2D eigenvalue weighted by atomic mass is 79.9. The molecule has 2 unspecified atom stereocenters. The molecule has 0 fully saturated rings. The summed E-state index contributed by atoms with van der Waals surface area (Å²) in [5.41, 5.74) is 7.14. The van der Waals surface area contributed by atoms with E-state index in [1.807, 2.05) is 11.8 Å². The van der Waals surface area contributed by atoms with Gasteiger partial charge >= 0.3 is 0 Å². The van der Waals surface area contributed by atoms with Crippen LogP contribution in [0.5, 0.6) is 0 Å². The summed E-state index contributed by atoms with van der Waals surface area (Å²) in [6.07, 6.45) is 1.19. The van der Waals surface area contributed by atoms with Crippen LogP contribution in [0.1, 0.15) is 31.1 Å². The highest BCUT2D eigenvalue weighted by Crippen LogP contribution is 2.32. The maximum atomic E-state index is 5.81. The maximum absolute atomic E-state index is 5.81. The van der Waals surface area contributed by atoms with Crippen LogP contribution in [0.15, 0.2) is 28.7 Å². The van der Waals surface area contributed by atoms with E-state index in [9.17, 15) is 0 Å². The fourth-order valence-corrected chi connectivity index (χ4v) is 2.77. The van der Waals surface area contributed by atoms with E-state index in [4.69, 9.17) is 5.73 Å². The normalized spacial score (nSPS) is 14.9. The van der Waals surface area contributed by atoms with Crippen molar-refractivity contribution in [1.82, 2.24) is 0 Å². The van der Waals surface area contributed by atoms with E-state index in [0.717, 1.165) is 4.47 Å². The summed E-state index contributed by atoms with van der Waals surface area (Å²) >= 11 is 5.41. The summed E-state index contributed by atoms with van der Waals surface area (Å²) < 4.78 is 1.12. The second-order valence-corrected chi connectivity index (χ2v) is 6.19. The van der Waals surface area contributed by atoms with Gasteiger partial charge in [0.2, 0.25) is 0 Å². The minimum absolute atomic E-state index is 0.424. The lowest BCUT2D eigenvalue weighted by Gasteiger charge is -2.18. The van der Waals surface area contributed by atoms with Gasteiger partial charge in [-0.25, -0.2) is 0 Å². The first-order chi connectivity index (χ1) is 7.17. The molecule has 0 bridgehead atoms. The van der Waals surface area contributed by atoms with Crippen molar-refractivity contribution in [3.63, 3.8) is 0 Å². The molecule has 2 N–H and O–H groups in total. The van der Waals surface area contributed by atoms with Crippen LogP contribution in [0.2, 0.25) is 0 Å². The van der Waals surface area contributed by atoms with Gasteiger partial charge in [-0.15, -0.1) is 11.8 Å². The van der Waals surface area contributed by atoms with E-state index in [1.54, 1.807) is 0 Å². The van der Waals surface area contributed by atoms with Crippen molar-refractivity contribution in [2.75, 3.05) is 6.54 Å². The summed E-state index contributed by atoms with van der Waals surface area (Å²) in [5.74, 6) is 0. The Hall–Kier alpha value is 0.01000. The Morgan fingerprint density at radius 1 is 1.33 bits per heavy atom. The van der Waals surface area contributed by atoms with E-state index in [2.05, 4.69) is 54.0 Å². The second kappa shape index (κ2) is 6.56. The van der Waals surface area contributed by atoms with Crippen LogP contribution in [0, 0.1) is 0 Å². The third-order valence-corrected chi connectivity index (χ3v) is 4.55. The number of benzene rings is 1. The molecule has 2 atom stereocenters. The zero-order chi connectivity index (χ0) is 11.3. The van der Waals surface area contributed by atoms with Crippen molar-refractivity contribution < 1.29 is 0 Å². The van der Waals surface area contributed by atoms with Crippen LogP contribution in [0.4, 0.5) is 0 Å². The Labute approximate surface area is 105 Å². The van der Waals surface area contributed by atoms with Gasteiger partial charge in [0.05, 0.1) is 0 Å². The van der Waals surface area contributed by atoms with Gasteiger partial charge in [0, 0.05) is 21.5 Å². The van der Waals surface area contributed by atoms with Crippen molar-refractivity contribution in [2.24, 2.45) is 5.73 Å². The van der Waals surface area contributed by atoms with Crippen LogP contribution >= 0.6 is 27.7 Å². The molecule has 0 aliphatic heterocycles. The Morgan fingerprint density at radius 2 is 1.93 bits per heavy atom. The Bertz CT molecular complexity index is 286. The molecule has 0 aliphatic carbocycles. The van der Waals surface area contributed by atoms with Gasteiger partial charge < -0.3 is 5.73 Å². The zero-order valence-electron chi connectivity index (χ0n) is 9.24. The maximum Gasteiger partial charge on any atom is 0.0422 e. The molecular formula is C12H18BrNS. The molecule has 84 valence electrons. The second-order valence-electron chi connectivity index (χ2n) is 3.63. The summed E-state index contributed by atoms with van der Waals surface area (Å²) in [4.78, 5) is 0. The topological polar surface area (TPSA) is 26.0 Å². The molecule has 15 heavy (non-hydrogen) atoms. The fourth-order valence-electron chi connectivity index (χ4n) is 1.32. The lowest BCUT2D eigenvalue weighted by atomic mass is 10.1. The van der Waals surface area contributed by atoms with Crippen molar-refractivity contribution in [3.8, 4) is 0 Å². The molecule has 0 heterocycles. The van der Waals surface area contributed by atoms with Crippen LogP contribution < -0.4 is 5.73 Å². The van der Waals surface area contributed by atoms with Gasteiger partial charge in [-0.05, 0) is 24.1 Å². The first-order valence-corrected chi connectivity index (χ1v) is 7.02. The largest absolute Gasteiger partial charge is 0.329 e. The molecule has 1 aromatic carbocycles. The third kappa shape index (κ3) is 4.17. The SMILES string of the molecule is CCC(C)SC(CN)c1ccc(Br)cc1. The van der Waals surface area contributed by atoms with Crippen molar-refractivity contribution in [1.29, 1.82) is 0 Å². The number of hydrogen-bond donors (Lipinski definition) is 1. The molecule has 3 heteroatoms. The van der Waals surface area contributed by atoms with E-state index >= 15 is 0 Å². The number of rotatable bonds is 5. The Kier molecular flexibility index (Phi) is 5.72. The molecule has 0 radical (unpaired) electrons. The van der Waals surface area contributed by atoms with Gasteiger partial charge in [0.25, 0.3) is 0 Å². The number of thioether (sulfide) groups is 1. The molecule has 0 saturated heterocycles. The van der Waals surface area contributed by atoms with Gasteiger partial charge in [0.15, 0.2) is 0 Å². The standard InChI is InChI=1S/C12H18BrNS/c1-3-9(2)15-12(8-14)10-4-6-11(13)7-5-10/h4-7,9,12H,3,8,14H2,1-2H3.